The molecule has 0 unspecified atom stereocenters. The van der Waals surface area contributed by atoms with E-state index in [1.165, 1.54) is 6.42 Å². The van der Waals surface area contributed by atoms with Gasteiger partial charge >= 0.3 is 0 Å². The molecule has 2 aliphatic carbocycles. The van der Waals surface area contributed by atoms with Crippen molar-refractivity contribution in [1.82, 2.24) is 0 Å². The van der Waals surface area contributed by atoms with E-state index < -0.39 is 0 Å². The first-order valence-corrected chi connectivity index (χ1v) is 4.38. The molecule has 0 heterocycles. The van der Waals surface area contributed by atoms with Gasteiger partial charge in [0.2, 0.25) is 0 Å². The lowest BCUT2D eigenvalue weighted by Gasteiger charge is -2.28. The Labute approximate surface area is 62.4 Å². The molecule has 1 nitrogen and oxygen atoms in total. The number of hydrogen-bond acceptors (Lipinski definition) is 1. The van der Waals surface area contributed by atoms with Crippen molar-refractivity contribution in [2.24, 2.45) is 23.7 Å². The summed E-state index contributed by atoms with van der Waals surface area (Å²) in [6, 6.07) is 0. The summed E-state index contributed by atoms with van der Waals surface area (Å²) < 4.78 is 0. The van der Waals surface area contributed by atoms with Gasteiger partial charge in [0.25, 0.3) is 0 Å². The standard InChI is InChI=1S/C9H16O/c1-5-6(2)8-3-7(5)4-9(8)10/h5-10H,3-4H2,1-2H3/t5-,6+,7+,8+,9-/m1/s1. The molecule has 0 amide bonds. The van der Waals surface area contributed by atoms with E-state index in [2.05, 4.69) is 13.8 Å². The van der Waals surface area contributed by atoms with Gasteiger partial charge < -0.3 is 5.11 Å². The van der Waals surface area contributed by atoms with E-state index in [0.717, 1.165) is 24.2 Å². The van der Waals surface area contributed by atoms with Crippen LogP contribution in [0.25, 0.3) is 0 Å². The fraction of sp³-hybridized carbons (Fsp3) is 1.00. The molecule has 1 N–H and O–H groups in total. The Morgan fingerprint density at radius 1 is 1.10 bits per heavy atom. The Kier molecular flexibility index (Phi) is 1.31. The summed E-state index contributed by atoms with van der Waals surface area (Å²) in [5, 5.41) is 9.51. The van der Waals surface area contributed by atoms with Gasteiger partial charge in [0, 0.05) is 0 Å². The maximum absolute atomic E-state index is 9.51. The van der Waals surface area contributed by atoms with E-state index >= 15 is 0 Å². The number of fused-ring (bicyclic) bond motifs is 2. The van der Waals surface area contributed by atoms with E-state index in [0.29, 0.717) is 5.92 Å². The van der Waals surface area contributed by atoms with Gasteiger partial charge in [0.15, 0.2) is 0 Å². The molecule has 0 spiro atoms. The average Bonchev–Trinajstić information content (AvgIpc) is 2.36. The Morgan fingerprint density at radius 3 is 2.20 bits per heavy atom. The first kappa shape index (κ1) is 6.66. The topological polar surface area (TPSA) is 20.2 Å². The summed E-state index contributed by atoms with van der Waals surface area (Å²) in [4.78, 5) is 0. The zero-order valence-electron chi connectivity index (χ0n) is 6.75. The van der Waals surface area contributed by atoms with Crippen LogP contribution < -0.4 is 0 Å². The third kappa shape index (κ3) is 0.672. The van der Waals surface area contributed by atoms with Crippen LogP contribution in [-0.2, 0) is 0 Å². The van der Waals surface area contributed by atoms with Crippen LogP contribution in [0.5, 0.6) is 0 Å². The van der Waals surface area contributed by atoms with Gasteiger partial charge in [-0.1, -0.05) is 13.8 Å². The zero-order chi connectivity index (χ0) is 7.30. The van der Waals surface area contributed by atoms with Crippen LogP contribution in [-0.4, -0.2) is 11.2 Å². The van der Waals surface area contributed by atoms with Crippen LogP contribution in [0.15, 0.2) is 0 Å². The molecule has 0 aromatic rings. The van der Waals surface area contributed by atoms with Crippen molar-refractivity contribution >= 4 is 0 Å². The molecule has 2 bridgehead atoms. The van der Waals surface area contributed by atoms with Crippen molar-refractivity contribution in [2.75, 3.05) is 0 Å². The summed E-state index contributed by atoms with van der Waals surface area (Å²) in [6.45, 7) is 4.62. The van der Waals surface area contributed by atoms with Crippen molar-refractivity contribution in [3.05, 3.63) is 0 Å². The van der Waals surface area contributed by atoms with Gasteiger partial charge in [-0.05, 0) is 36.5 Å². The quantitative estimate of drug-likeness (QED) is 0.542. The SMILES string of the molecule is C[C@H]1[C@H]2C[C@@H]([C@H]1C)[C@H](O)C2. The molecular weight excluding hydrogens is 124 g/mol. The molecule has 58 valence electrons. The highest BCUT2D eigenvalue weighted by atomic mass is 16.3. The summed E-state index contributed by atoms with van der Waals surface area (Å²) in [5.74, 6) is 3.12. The number of hydrogen-bond donors (Lipinski definition) is 1. The third-order valence-corrected chi connectivity index (χ3v) is 3.86. The van der Waals surface area contributed by atoms with Crippen LogP contribution >= 0.6 is 0 Å². The number of aliphatic hydroxyl groups excluding tert-OH is 1. The van der Waals surface area contributed by atoms with E-state index in [1.54, 1.807) is 0 Å². The molecule has 0 saturated heterocycles. The van der Waals surface area contributed by atoms with Gasteiger partial charge in [0.05, 0.1) is 6.10 Å². The number of rotatable bonds is 0. The maximum Gasteiger partial charge on any atom is 0.0573 e. The second kappa shape index (κ2) is 1.97. The van der Waals surface area contributed by atoms with Crippen molar-refractivity contribution < 1.29 is 5.11 Å². The third-order valence-electron chi connectivity index (χ3n) is 3.86. The highest BCUT2D eigenvalue weighted by Crippen LogP contribution is 2.51. The van der Waals surface area contributed by atoms with Gasteiger partial charge in [-0.25, -0.2) is 0 Å². The van der Waals surface area contributed by atoms with Crippen molar-refractivity contribution in [2.45, 2.75) is 32.8 Å². The molecule has 0 radical (unpaired) electrons. The predicted octanol–water partition coefficient (Wildman–Crippen LogP) is 1.66. The summed E-state index contributed by atoms with van der Waals surface area (Å²) in [7, 11) is 0. The maximum atomic E-state index is 9.51. The molecule has 5 atom stereocenters. The first-order chi connectivity index (χ1) is 4.70. The molecular formula is C9H16O. The van der Waals surface area contributed by atoms with E-state index in [-0.39, 0.29) is 6.10 Å². The lowest BCUT2D eigenvalue weighted by molar-refractivity contribution is 0.0645. The van der Waals surface area contributed by atoms with Crippen molar-refractivity contribution in [3.63, 3.8) is 0 Å². The first-order valence-electron chi connectivity index (χ1n) is 4.38. The second-order valence-corrected chi connectivity index (χ2v) is 4.18. The van der Waals surface area contributed by atoms with Crippen molar-refractivity contribution in [1.29, 1.82) is 0 Å². The summed E-state index contributed by atoms with van der Waals surface area (Å²) >= 11 is 0. The Balaban J connectivity index is 2.16. The van der Waals surface area contributed by atoms with Crippen molar-refractivity contribution in [3.8, 4) is 0 Å². The zero-order valence-corrected chi connectivity index (χ0v) is 6.75. The monoisotopic (exact) mass is 140 g/mol. The molecule has 0 aromatic heterocycles. The lowest BCUT2D eigenvalue weighted by Crippen LogP contribution is -2.27. The van der Waals surface area contributed by atoms with Crippen LogP contribution in [0.2, 0.25) is 0 Å². The average molecular weight is 140 g/mol. The van der Waals surface area contributed by atoms with E-state index in [9.17, 15) is 5.11 Å². The Hall–Kier alpha value is -0.0400. The van der Waals surface area contributed by atoms with Crippen LogP contribution in [0.3, 0.4) is 0 Å². The normalized spacial score (nSPS) is 59.7. The van der Waals surface area contributed by atoms with Crippen LogP contribution in [0.1, 0.15) is 26.7 Å². The van der Waals surface area contributed by atoms with Gasteiger partial charge in [-0.3, -0.25) is 0 Å². The van der Waals surface area contributed by atoms with Gasteiger partial charge in [-0.15, -0.1) is 0 Å². The Bertz CT molecular complexity index is 142. The smallest absolute Gasteiger partial charge is 0.0573 e. The molecule has 2 aliphatic rings. The predicted molar refractivity (Wildman–Crippen MR) is 40.5 cm³/mol. The highest BCUT2D eigenvalue weighted by Gasteiger charge is 2.47. The fourth-order valence-corrected chi connectivity index (χ4v) is 2.90. The minimum absolute atomic E-state index is 0.0381. The molecule has 1 heteroatoms. The molecule has 10 heavy (non-hydrogen) atoms. The number of aliphatic hydroxyl groups is 1. The molecule has 2 fully saturated rings. The Morgan fingerprint density at radius 2 is 1.80 bits per heavy atom. The van der Waals surface area contributed by atoms with Gasteiger partial charge in [0.1, 0.15) is 0 Å². The highest BCUT2D eigenvalue weighted by molar-refractivity contribution is 4.97. The minimum Gasteiger partial charge on any atom is -0.393 e. The van der Waals surface area contributed by atoms with Crippen LogP contribution in [0.4, 0.5) is 0 Å². The molecule has 0 aliphatic heterocycles. The lowest BCUT2D eigenvalue weighted by atomic mass is 9.80. The largest absolute Gasteiger partial charge is 0.393 e. The molecule has 2 rings (SSSR count). The summed E-state index contributed by atoms with van der Waals surface area (Å²) in [5.41, 5.74) is 0. The van der Waals surface area contributed by atoms with E-state index in [1.807, 2.05) is 0 Å². The van der Waals surface area contributed by atoms with Crippen LogP contribution in [0, 0.1) is 23.7 Å². The summed E-state index contributed by atoms with van der Waals surface area (Å²) in [6.07, 6.45) is 2.41. The minimum atomic E-state index is 0.0381. The molecule has 2 saturated carbocycles. The second-order valence-electron chi connectivity index (χ2n) is 4.18. The van der Waals surface area contributed by atoms with Gasteiger partial charge in [-0.2, -0.15) is 0 Å². The molecule has 0 aromatic carbocycles. The van der Waals surface area contributed by atoms with E-state index in [4.69, 9.17) is 0 Å². The fourth-order valence-electron chi connectivity index (χ4n) is 2.90.